The molecule has 0 fully saturated rings. The van der Waals surface area contributed by atoms with Gasteiger partial charge in [0.15, 0.2) is 0 Å². The molecule has 0 aromatic carbocycles. The van der Waals surface area contributed by atoms with E-state index in [-0.39, 0.29) is 0 Å². The molecule has 252 valence electrons. The maximum Gasteiger partial charge on any atom is 0.222 e. The Labute approximate surface area is 264 Å². The van der Waals surface area contributed by atoms with Gasteiger partial charge in [0.2, 0.25) is 5.91 Å². The molecule has 2 N–H and O–H groups in total. The lowest BCUT2D eigenvalue weighted by Crippen LogP contribution is -2.32. The van der Waals surface area contributed by atoms with Gasteiger partial charge in [0.25, 0.3) is 0 Å². The number of nitrogens with zero attached hydrogens (tertiary/aromatic N) is 1. The van der Waals surface area contributed by atoms with E-state index in [1.54, 1.807) is 0 Å². The second kappa shape index (κ2) is 33.3. The third-order valence-electron chi connectivity index (χ3n) is 9.10. The van der Waals surface area contributed by atoms with Crippen LogP contribution in [0.15, 0.2) is 0 Å². The summed E-state index contributed by atoms with van der Waals surface area (Å²) >= 11 is 0. The predicted octanol–water partition coefficient (Wildman–Crippen LogP) is 11.3. The number of aliphatic hydroxyl groups excluding tert-OH is 2. The summed E-state index contributed by atoms with van der Waals surface area (Å²) in [4.78, 5) is 15.3. The molecule has 0 aliphatic carbocycles. The lowest BCUT2D eigenvalue weighted by Gasteiger charge is -2.23. The Kier molecular flexibility index (Phi) is 32.8. The van der Waals surface area contributed by atoms with Gasteiger partial charge in [-0.2, -0.15) is 0 Å². The van der Waals surface area contributed by atoms with Crippen LogP contribution < -0.4 is 0 Å². The van der Waals surface area contributed by atoms with Crippen LogP contribution >= 0.6 is 0 Å². The van der Waals surface area contributed by atoms with E-state index in [9.17, 15) is 15.0 Å². The minimum Gasteiger partial charge on any atom is -0.390 e. The Morgan fingerprint density at radius 3 is 1.07 bits per heavy atom. The zero-order chi connectivity index (χ0) is 30.9. The van der Waals surface area contributed by atoms with Crippen molar-refractivity contribution in [1.82, 2.24) is 4.90 Å². The van der Waals surface area contributed by atoms with Gasteiger partial charge in [-0.25, -0.2) is 0 Å². The highest BCUT2D eigenvalue weighted by atomic mass is 16.3. The third-order valence-corrected chi connectivity index (χ3v) is 9.10. The molecule has 0 aliphatic heterocycles. The normalized spacial score (nSPS) is 13.0. The van der Waals surface area contributed by atoms with E-state index in [0.29, 0.717) is 18.7 Å². The molecule has 0 heterocycles. The van der Waals surface area contributed by atoms with Gasteiger partial charge in [-0.05, 0) is 32.1 Å². The fourth-order valence-electron chi connectivity index (χ4n) is 6.07. The average molecular weight is 596 g/mol. The van der Waals surface area contributed by atoms with Gasteiger partial charge < -0.3 is 15.1 Å². The smallest absolute Gasteiger partial charge is 0.222 e. The van der Waals surface area contributed by atoms with Crippen molar-refractivity contribution in [2.24, 2.45) is 0 Å². The molecule has 0 radical (unpaired) electrons. The molecule has 4 heteroatoms. The van der Waals surface area contributed by atoms with Crippen LogP contribution in [0.2, 0.25) is 0 Å². The maximum absolute atomic E-state index is 13.1. The first-order chi connectivity index (χ1) is 20.6. The van der Waals surface area contributed by atoms with Crippen LogP contribution in [-0.4, -0.2) is 46.3 Å². The first-order valence-electron chi connectivity index (χ1n) is 19.2. The molecule has 0 aromatic heterocycles. The van der Waals surface area contributed by atoms with Gasteiger partial charge in [-0.1, -0.05) is 175 Å². The summed E-state index contributed by atoms with van der Waals surface area (Å²) in [7, 11) is 0. The van der Waals surface area contributed by atoms with E-state index in [1.165, 1.54) is 116 Å². The van der Waals surface area contributed by atoms with Crippen LogP contribution in [0.5, 0.6) is 0 Å². The number of rotatable bonds is 34. The lowest BCUT2D eigenvalue weighted by atomic mass is 9.99. The van der Waals surface area contributed by atoms with E-state index in [4.69, 9.17) is 0 Å². The molecular weight excluding hydrogens is 518 g/mol. The Morgan fingerprint density at radius 1 is 0.429 bits per heavy atom. The quantitative estimate of drug-likeness (QED) is 0.0727. The molecule has 0 aromatic rings. The van der Waals surface area contributed by atoms with Crippen LogP contribution in [0, 0.1) is 0 Å². The van der Waals surface area contributed by atoms with Crippen molar-refractivity contribution >= 4 is 5.91 Å². The average Bonchev–Trinajstić information content (AvgIpc) is 2.99. The van der Waals surface area contributed by atoms with E-state index < -0.39 is 12.2 Å². The molecule has 0 bridgehead atoms. The van der Waals surface area contributed by atoms with Gasteiger partial charge in [0, 0.05) is 19.5 Å². The SMILES string of the molecule is CCCCCCCCCCN(CCCCCCCCCC)C(=O)CCCCCCCC(O)C(O)CCCCCCCC. The molecule has 1 amide bonds. The van der Waals surface area contributed by atoms with E-state index in [2.05, 4.69) is 25.7 Å². The Hall–Kier alpha value is -0.610. The van der Waals surface area contributed by atoms with Gasteiger partial charge in [0.05, 0.1) is 12.2 Å². The maximum atomic E-state index is 13.1. The lowest BCUT2D eigenvalue weighted by molar-refractivity contribution is -0.131. The summed E-state index contributed by atoms with van der Waals surface area (Å²) in [6.07, 6.45) is 34.5. The van der Waals surface area contributed by atoms with E-state index in [0.717, 1.165) is 77.3 Å². The van der Waals surface area contributed by atoms with Crippen molar-refractivity contribution < 1.29 is 15.0 Å². The van der Waals surface area contributed by atoms with Gasteiger partial charge in [-0.3, -0.25) is 4.79 Å². The second-order valence-corrected chi connectivity index (χ2v) is 13.3. The summed E-state index contributed by atoms with van der Waals surface area (Å²) in [5.74, 6) is 0.370. The molecule has 4 nitrogen and oxygen atoms in total. The first-order valence-corrected chi connectivity index (χ1v) is 19.2. The first kappa shape index (κ1) is 41.4. The third kappa shape index (κ3) is 28.2. The molecule has 2 atom stereocenters. The summed E-state index contributed by atoms with van der Waals surface area (Å²) < 4.78 is 0. The minimum absolute atomic E-state index is 0.370. The molecule has 2 unspecified atom stereocenters. The fourth-order valence-corrected chi connectivity index (χ4v) is 6.07. The van der Waals surface area contributed by atoms with Crippen LogP contribution in [0.4, 0.5) is 0 Å². The number of carbonyl (C=O) groups excluding carboxylic acids is 1. The highest BCUT2D eigenvalue weighted by Crippen LogP contribution is 2.16. The van der Waals surface area contributed by atoms with E-state index >= 15 is 0 Å². The van der Waals surface area contributed by atoms with Crippen LogP contribution in [0.25, 0.3) is 0 Å². The van der Waals surface area contributed by atoms with Gasteiger partial charge >= 0.3 is 0 Å². The van der Waals surface area contributed by atoms with Crippen molar-refractivity contribution in [2.45, 2.75) is 226 Å². The summed E-state index contributed by atoms with van der Waals surface area (Å²) in [6.45, 7) is 8.67. The van der Waals surface area contributed by atoms with Gasteiger partial charge in [0.1, 0.15) is 0 Å². The van der Waals surface area contributed by atoms with Crippen LogP contribution in [-0.2, 0) is 4.79 Å². The number of hydrogen-bond donors (Lipinski definition) is 2. The van der Waals surface area contributed by atoms with Crippen molar-refractivity contribution in [1.29, 1.82) is 0 Å². The molecular formula is C38H77NO3. The van der Waals surface area contributed by atoms with Crippen molar-refractivity contribution in [3.8, 4) is 0 Å². The highest BCUT2D eigenvalue weighted by Gasteiger charge is 2.16. The Bertz CT molecular complexity index is 520. The summed E-state index contributed by atoms with van der Waals surface area (Å²) in [5.41, 5.74) is 0. The summed E-state index contributed by atoms with van der Waals surface area (Å²) in [5, 5.41) is 20.6. The number of amides is 1. The predicted molar refractivity (Wildman–Crippen MR) is 184 cm³/mol. The van der Waals surface area contributed by atoms with Crippen molar-refractivity contribution in [3.63, 3.8) is 0 Å². The highest BCUT2D eigenvalue weighted by molar-refractivity contribution is 5.76. The zero-order valence-corrected chi connectivity index (χ0v) is 29.0. The largest absolute Gasteiger partial charge is 0.390 e. The number of aliphatic hydroxyl groups is 2. The molecule has 0 saturated heterocycles. The number of hydrogen-bond acceptors (Lipinski definition) is 3. The van der Waals surface area contributed by atoms with Crippen LogP contribution in [0.1, 0.15) is 213 Å². The number of unbranched alkanes of at least 4 members (excludes halogenated alkanes) is 23. The van der Waals surface area contributed by atoms with E-state index in [1.807, 2.05) is 0 Å². The van der Waals surface area contributed by atoms with Crippen molar-refractivity contribution in [3.05, 3.63) is 0 Å². The van der Waals surface area contributed by atoms with Crippen LogP contribution in [0.3, 0.4) is 0 Å². The van der Waals surface area contributed by atoms with Crippen molar-refractivity contribution in [2.75, 3.05) is 13.1 Å². The minimum atomic E-state index is -0.580. The molecule has 0 aliphatic rings. The second-order valence-electron chi connectivity index (χ2n) is 13.3. The fraction of sp³-hybridized carbons (Fsp3) is 0.974. The Balaban J connectivity index is 4.10. The summed E-state index contributed by atoms with van der Waals surface area (Å²) in [6, 6.07) is 0. The topological polar surface area (TPSA) is 60.8 Å². The molecule has 0 rings (SSSR count). The number of carbonyl (C=O) groups is 1. The Morgan fingerprint density at radius 2 is 0.714 bits per heavy atom. The standard InChI is InChI=1S/C38H77NO3/c1-4-7-10-13-16-18-24-29-34-39(35-30-25-19-17-14-11-8-5-2)38(42)33-28-23-20-22-27-32-37(41)36(40)31-26-21-15-12-9-6-3/h36-37,40-41H,4-35H2,1-3H3. The monoisotopic (exact) mass is 596 g/mol. The zero-order valence-electron chi connectivity index (χ0n) is 29.0. The molecule has 0 saturated carbocycles. The molecule has 42 heavy (non-hydrogen) atoms. The molecule has 0 spiro atoms. The van der Waals surface area contributed by atoms with Gasteiger partial charge in [-0.15, -0.1) is 0 Å².